The number of piperazine rings is 1. The fourth-order valence-electron chi connectivity index (χ4n) is 2.29. The van der Waals surface area contributed by atoms with E-state index in [9.17, 15) is 4.79 Å². The lowest BCUT2D eigenvalue weighted by Crippen LogP contribution is -2.48. The summed E-state index contributed by atoms with van der Waals surface area (Å²) in [5.41, 5.74) is 7.96. The molecule has 0 unspecified atom stereocenters. The van der Waals surface area contributed by atoms with Crippen molar-refractivity contribution in [2.45, 2.75) is 13.0 Å². The average molecular weight is 249 g/mol. The van der Waals surface area contributed by atoms with E-state index in [0.29, 0.717) is 13.1 Å². The van der Waals surface area contributed by atoms with Crippen molar-refractivity contribution in [3.8, 4) is 5.75 Å². The molecule has 98 valence electrons. The second-order valence-corrected chi connectivity index (χ2v) is 4.45. The summed E-state index contributed by atoms with van der Waals surface area (Å²) in [7, 11) is 1.63. The topological polar surface area (TPSA) is 67.6 Å². The highest BCUT2D eigenvalue weighted by Gasteiger charge is 2.22. The van der Waals surface area contributed by atoms with Gasteiger partial charge in [-0.2, -0.15) is 0 Å². The molecule has 1 aromatic carbocycles. The van der Waals surface area contributed by atoms with Gasteiger partial charge < -0.3 is 20.7 Å². The molecule has 1 amide bonds. The maximum absolute atomic E-state index is 11.5. The smallest absolute Gasteiger partial charge is 0.239 e. The predicted octanol–water partition coefficient (Wildman–Crippen LogP) is 0.651. The molecule has 0 aliphatic carbocycles. The molecule has 1 atom stereocenters. The van der Waals surface area contributed by atoms with Gasteiger partial charge in [-0.1, -0.05) is 6.07 Å². The minimum atomic E-state index is -0.138. The lowest BCUT2D eigenvalue weighted by Gasteiger charge is -2.31. The van der Waals surface area contributed by atoms with E-state index >= 15 is 0 Å². The number of carbonyl (C=O) groups is 1. The number of carbonyl (C=O) groups excluding carboxylic acids is 1. The van der Waals surface area contributed by atoms with Gasteiger partial charge >= 0.3 is 0 Å². The number of anilines is 1. The summed E-state index contributed by atoms with van der Waals surface area (Å²) in [6.07, 6.45) is 0. The first kappa shape index (κ1) is 12.7. The summed E-state index contributed by atoms with van der Waals surface area (Å²) < 4.78 is 5.36. The number of hydrogen-bond acceptors (Lipinski definition) is 4. The Morgan fingerprint density at radius 3 is 2.89 bits per heavy atom. The molecule has 1 saturated heterocycles. The zero-order chi connectivity index (χ0) is 13.1. The van der Waals surface area contributed by atoms with Crippen molar-refractivity contribution < 1.29 is 9.53 Å². The van der Waals surface area contributed by atoms with Crippen molar-refractivity contribution in [1.82, 2.24) is 5.32 Å². The zero-order valence-electron chi connectivity index (χ0n) is 10.8. The molecule has 0 radical (unpaired) electrons. The summed E-state index contributed by atoms with van der Waals surface area (Å²) in [5.74, 6) is 0.813. The Kier molecular flexibility index (Phi) is 3.72. The van der Waals surface area contributed by atoms with Gasteiger partial charge in [-0.05, 0) is 19.1 Å². The first-order chi connectivity index (χ1) is 8.63. The van der Waals surface area contributed by atoms with Crippen LogP contribution in [0.4, 0.5) is 5.69 Å². The molecule has 1 aliphatic heterocycles. The van der Waals surface area contributed by atoms with Crippen LogP contribution in [0.2, 0.25) is 0 Å². The molecule has 3 N–H and O–H groups in total. The number of nitrogens with zero attached hydrogens (tertiary/aromatic N) is 1. The van der Waals surface area contributed by atoms with Crippen LogP contribution in [0.1, 0.15) is 18.5 Å². The van der Waals surface area contributed by atoms with Gasteiger partial charge in [-0.25, -0.2) is 0 Å². The van der Waals surface area contributed by atoms with Crippen LogP contribution < -0.4 is 20.7 Å². The largest absolute Gasteiger partial charge is 0.496 e. The van der Waals surface area contributed by atoms with E-state index in [2.05, 4.69) is 5.32 Å². The highest BCUT2D eigenvalue weighted by atomic mass is 16.5. The normalized spacial score (nSPS) is 17.3. The molecule has 1 fully saturated rings. The number of methoxy groups -OCH3 is 1. The summed E-state index contributed by atoms with van der Waals surface area (Å²) in [4.78, 5) is 13.5. The van der Waals surface area contributed by atoms with Crippen molar-refractivity contribution in [2.75, 3.05) is 31.6 Å². The molecule has 1 heterocycles. The third-order valence-electron chi connectivity index (χ3n) is 3.10. The average Bonchev–Trinajstić information content (AvgIpc) is 2.37. The quantitative estimate of drug-likeness (QED) is 0.825. The van der Waals surface area contributed by atoms with E-state index in [-0.39, 0.29) is 11.9 Å². The van der Waals surface area contributed by atoms with Gasteiger partial charge in [-0.15, -0.1) is 0 Å². The Morgan fingerprint density at radius 1 is 1.50 bits per heavy atom. The Morgan fingerprint density at radius 2 is 2.28 bits per heavy atom. The minimum absolute atomic E-state index is 0.0414. The first-order valence-corrected chi connectivity index (χ1v) is 6.07. The van der Waals surface area contributed by atoms with E-state index in [4.69, 9.17) is 10.5 Å². The van der Waals surface area contributed by atoms with Crippen molar-refractivity contribution in [1.29, 1.82) is 0 Å². The molecular weight excluding hydrogens is 230 g/mol. The van der Waals surface area contributed by atoms with Crippen molar-refractivity contribution in [2.24, 2.45) is 5.73 Å². The molecule has 18 heavy (non-hydrogen) atoms. The highest BCUT2D eigenvalue weighted by Crippen LogP contribution is 2.33. The molecule has 0 aromatic heterocycles. The molecule has 1 aliphatic rings. The summed E-state index contributed by atoms with van der Waals surface area (Å²) in [5, 5.41) is 2.82. The van der Waals surface area contributed by atoms with E-state index in [1.807, 2.05) is 30.0 Å². The Balaban J connectivity index is 2.39. The Labute approximate surface area is 107 Å². The van der Waals surface area contributed by atoms with E-state index in [0.717, 1.165) is 23.5 Å². The maximum atomic E-state index is 11.5. The standard InChI is InChI=1S/C13H19N3O2/c1-9(14)13-10(4-3-5-11(13)18-2)16-7-6-15-12(17)8-16/h3-5,9H,6-8,14H2,1-2H3,(H,15,17)/t9-/m0/s1. The van der Waals surface area contributed by atoms with Crippen LogP contribution in [0.5, 0.6) is 5.75 Å². The third-order valence-corrected chi connectivity index (χ3v) is 3.10. The van der Waals surface area contributed by atoms with Gasteiger partial charge in [0.25, 0.3) is 0 Å². The fourth-order valence-corrected chi connectivity index (χ4v) is 2.29. The van der Waals surface area contributed by atoms with Gasteiger partial charge in [0.15, 0.2) is 0 Å². The maximum Gasteiger partial charge on any atom is 0.239 e. The summed E-state index contributed by atoms with van der Waals surface area (Å²) >= 11 is 0. The first-order valence-electron chi connectivity index (χ1n) is 6.07. The lowest BCUT2D eigenvalue weighted by molar-refractivity contribution is -0.120. The minimum Gasteiger partial charge on any atom is -0.496 e. The lowest BCUT2D eigenvalue weighted by atomic mass is 10.0. The van der Waals surface area contributed by atoms with Gasteiger partial charge in [0.1, 0.15) is 5.75 Å². The molecule has 5 heteroatoms. The second-order valence-electron chi connectivity index (χ2n) is 4.45. The van der Waals surface area contributed by atoms with E-state index < -0.39 is 0 Å². The monoisotopic (exact) mass is 249 g/mol. The van der Waals surface area contributed by atoms with Crippen LogP contribution in [0.15, 0.2) is 18.2 Å². The SMILES string of the molecule is COc1cccc(N2CCNC(=O)C2)c1[C@H](C)N. The van der Waals surface area contributed by atoms with Gasteiger partial charge in [0.05, 0.1) is 13.7 Å². The predicted molar refractivity (Wildman–Crippen MR) is 70.8 cm³/mol. The number of nitrogens with one attached hydrogen (secondary N) is 1. The van der Waals surface area contributed by atoms with E-state index in [1.54, 1.807) is 7.11 Å². The number of benzene rings is 1. The van der Waals surface area contributed by atoms with Crippen LogP contribution in [0.3, 0.4) is 0 Å². The third kappa shape index (κ3) is 2.41. The zero-order valence-corrected chi connectivity index (χ0v) is 10.8. The van der Waals surface area contributed by atoms with Crippen LogP contribution in [-0.2, 0) is 4.79 Å². The van der Waals surface area contributed by atoms with Gasteiger partial charge in [0, 0.05) is 30.4 Å². The van der Waals surface area contributed by atoms with Crippen molar-refractivity contribution in [3.63, 3.8) is 0 Å². The fraction of sp³-hybridized carbons (Fsp3) is 0.462. The highest BCUT2D eigenvalue weighted by molar-refractivity contribution is 5.83. The van der Waals surface area contributed by atoms with Crippen molar-refractivity contribution >= 4 is 11.6 Å². The summed E-state index contributed by atoms with van der Waals surface area (Å²) in [6.45, 7) is 3.74. The van der Waals surface area contributed by atoms with Crippen molar-refractivity contribution in [3.05, 3.63) is 23.8 Å². The molecular formula is C13H19N3O2. The van der Waals surface area contributed by atoms with Crippen LogP contribution >= 0.6 is 0 Å². The van der Waals surface area contributed by atoms with Crippen LogP contribution in [0.25, 0.3) is 0 Å². The van der Waals surface area contributed by atoms with Gasteiger partial charge in [0.2, 0.25) is 5.91 Å². The molecule has 0 saturated carbocycles. The molecule has 5 nitrogen and oxygen atoms in total. The van der Waals surface area contributed by atoms with Crippen LogP contribution in [-0.4, -0.2) is 32.7 Å². The van der Waals surface area contributed by atoms with Crippen LogP contribution in [0, 0.1) is 0 Å². The number of ether oxygens (including phenoxy) is 1. The second kappa shape index (κ2) is 5.27. The molecule has 0 spiro atoms. The number of amides is 1. The Bertz CT molecular complexity index is 446. The number of nitrogens with two attached hydrogens (primary N) is 1. The molecule has 1 aromatic rings. The summed E-state index contributed by atoms with van der Waals surface area (Å²) in [6, 6.07) is 5.67. The van der Waals surface area contributed by atoms with Gasteiger partial charge in [-0.3, -0.25) is 4.79 Å². The molecule has 2 rings (SSSR count). The number of hydrogen-bond donors (Lipinski definition) is 2. The number of rotatable bonds is 3. The van der Waals surface area contributed by atoms with E-state index in [1.165, 1.54) is 0 Å². The molecule has 0 bridgehead atoms. The Hall–Kier alpha value is -1.75.